The Morgan fingerprint density at radius 1 is 2.00 bits per heavy atom. The molecule has 1 unspecified atom stereocenters. The van der Waals surface area contributed by atoms with Gasteiger partial charge in [0.1, 0.15) is 0 Å². The fourth-order valence-corrected chi connectivity index (χ4v) is 0.627. The van der Waals surface area contributed by atoms with Gasteiger partial charge in [-0.2, -0.15) is 0 Å². The standard InChI is InChI=1S/C5H10N2O/c1-5(2-6)3-7-4(5)8/h2-3,6H2,1H3,(H,7,8). The maximum atomic E-state index is 10.6. The van der Waals surface area contributed by atoms with Crippen LogP contribution >= 0.6 is 0 Å². The van der Waals surface area contributed by atoms with Gasteiger partial charge in [-0.05, 0) is 6.92 Å². The molecule has 0 aromatic heterocycles. The topological polar surface area (TPSA) is 55.1 Å². The van der Waals surface area contributed by atoms with Crippen LogP contribution in [-0.2, 0) is 4.79 Å². The van der Waals surface area contributed by atoms with Crippen LogP contribution in [0.2, 0.25) is 0 Å². The summed E-state index contributed by atoms with van der Waals surface area (Å²) in [6, 6.07) is 0. The van der Waals surface area contributed by atoms with Crippen molar-refractivity contribution in [3.8, 4) is 0 Å². The highest BCUT2D eigenvalue weighted by Gasteiger charge is 2.39. The second-order valence-electron chi connectivity index (χ2n) is 2.45. The summed E-state index contributed by atoms with van der Waals surface area (Å²) in [4.78, 5) is 10.6. The first-order valence-electron chi connectivity index (χ1n) is 2.67. The molecule has 8 heavy (non-hydrogen) atoms. The van der Waals surface area contributed by atoms with E-state index < -0.39 is 0 Å². The lowest BCUT2D eigenvalue weighted by Crippen LogP contribution is -2.60. The first kappa shape index (κ1) is 5.56. The van der Waals surface area contributed by atoms with Crippen molar-refractivity contribution in [2.24, 2.45) is 11.1 Å². The van der Waals surface area contributed by atoms with Gasteiger partial charge in [0.15, 0.2) is 0 Å². The normalized spacial score (nSPS) is 36.0. The summed E-state index contributed by atoms with van der Waals surface area (Å²) in [6.45, 7) is 3.06. The van der Waals surface area contributed by atoms with Gasteiger partial charge < -0.3 is 11.1 Å². The molecule has 1 amide bonds. The minimum Gasteiger partial charge on any atom is -0.354 e. The Kier molecular flexibility index (Phi) is 1.01. The third-order valence-electron chi connectivity index (χ3n) is 1.64. The van der Waals surface area contributed by atoms with Gasteiger partial charge >= 0.3 is 0 Å². The van der Waals surface area contributed by atoms with Crippen molar-refractivity contribution in [1.29, 1.82) is 0 Å². The number of carbonyl (C=O) groups is 1. The molecule has 0 spiro atoms. The third-order valence-corrected chi connectivity index (χ3v) is 1.64. The summed E-state index contributed by atoms with van der Waals surface area (Å²) in [5, 5.41) is 2.63. The Balaban J connectivity index is 2.55. The molecule has 0 saturated carbocycles. The van der Waals surface area contributed by atoms with Gasteiger partial charge in [0.2, 0.25) is 5.91 Å². The minimum atomic E-state index is -0.250. The molecular formula is C5H10N2O. The van der Waals surface area contributed by atoms with Crippen LogP contribution in [0.25, 0.3) is 0 Å². The highest BCUT2D eigenvalue weighted by atomic mass is 16.2. The van der Waals surface area contributed by atoms with Gasteiger partial charge in [-0.3, -0.25) is 4.79 Å². The van der Waals surface area contributed by atoms with Crippen LogP contribution in [0.4, 0.5) is 0 Å². The van der Waals surface area contributed by atoms with Gasteiger partial charge in [-0.15, -0.1) is 0 Å². The molecule has 0 bridgehead atoms. The Morgan fingerprint density at radius 2 is 2.62 bits per heavy atom. The fraction of sp³-hybridized carbons (Fsp3) is 0.800. The van der Waals surface area contributed by atoms with Crippen LogP contribution in [0.1, 0.15) is 6.92 Å². The van der Waals surface area contributed by atoms with Crippen LogP contribution in [0.5, 0.6) is 0 Å². The van der Waals surface area contributed by atoms with E-state index in [1.165, 1.54) is 0 Å². The zero-order valence-electron chi connectivity index (χ0n) is 4.90. The summed E-state index contributed by atoms with van der Waals surface area (Å²) in [7, 11) is 0. The summed E-state index contributed by atoms with van der Waals surface area (Å²) >= 11 is 0. The number of hydrogen-bond donors (Lipinski definition) is 2. The van der Waals surface area contributed by atoms with Gasteiger partial charge in [-0.1, -0.05) is 0 Å². The summed E-state index contributed by atoms with van der Waals surface area (Å²) in [5.74, 6) is 0.0833. The molecule has 0 aromatic rings. The van der Waals surface area contributed by atoms with Crippen molar-refractivity contribution in [3.63, 3.8) is 0 Å². The van der Waals surface area contributed by atoms with Crippen LogP contribution in [0.3, 0.4) is 0 Å². The zero-order valence-corrected chi connectivity index (χ0v) is 4.90. The number of hydrogen-bond acceptors (Lipinski definition) is 2. The van der Waals surface area contributed by atoms with E-state index >= 15 is 0 Å². The lowest BCUT2D eigenvalue weighted by molar-refractivity contribution is -0.137. The van der Waals surface area contributed by atoms with Crippen molar-refractivity contribution < 1.29 is 4.79 Å². The van der Waals surface area contributed by atoms with Gasteiger partial charge in [-0.25, -0.2) is 0 Å². The van der Waals surface area contributed by atoms with E-state index in [9.17, 15) is 4.79 Å². The van der Waals surface area contributed by atoms with E-state index in [-0.39, 0.29) is 11.3 Å². The minimum absolute atomic E-state index is 0.0833. The molecule has 0 aliphatic carbocycles. The van der Waals surface area contributed by atoms with Crippen LogP contribution < -0.4 is 11.1 Å². The van der Waals surface area contributed by atoms with E-state index in [0.717, 1.165) is 6.54 Å². The predicted octanol–water partition coefficient (Wildman–Crippen LogP) is -0.919. The average molecular weight is 114 g/mol. The Hall–Kier alpha value is -0.570. The second kappa shape index (κ2) is 1.45. The van der Waals surface area contributed by atoms with Crippen molar-refractivity contribution in [1.82, 2.24) is 5.32 Å². The van der Waals surface area contributed by atoms with Gasteiger partial charge in [0.05, 0.1) is 5.41 Å². The highest BCUT2D eigenvalue weighted by molar-refractivity contribution is 5.88. The van der Waals surface area contributed by atoms with E-state index in [0.29, 0.717) is 6.54 Å². The smallest absolute Gasteiger partial charge is 0.229 e. The number of β-lactam (4-membered cyclic amide) rings is 1. The van der Waals surface area contributed by atoms with Crippen molar-refractivity contribution in [2.45, 2.75) is 6.92 Å². The highest BCUT2D eigenvalue weighted by Crippen LogP contribution is 2.19. The van der Waals surface area contributed by atoms with Crippen molar-refractivity contribution in [2.75, 3.05) is 13.1 Å². The SMILES string of the molecule is CC1(CN)CNC1=O. The van der Waals surface area contributed by atoms with E-state index in [1.54, 1.807) is 0 Å². The second-order valence-corrected chi connectivity index (χ2v) is 2.45. The summed E-state index contributed by atoms with van der Waals surface area (Å²) < 4.78 is 0. The lowest BCUT2D eigenvalue weighted by Gasteiger charge is -2.35. The molecule has 3 N–H and O–H groups in total. The molecule has 1 saturated heterocycles. The van der Waals surface area contributed by atoms with Gasteiger partial charge in [0, 0.05) is 13.1 Å². The number of amides is 1. The molecular weight excluding hydrogens is 104 g/mol. The van der Waals surface area contributed by atoms with Crippen LogP contribution in [-0.4, -0.2) is 19.0 Å². The van der Waals surface area contributed by atoms with Gasteiger partial charge in [0.25, 0.3) is 0 Å². The maximum Gasteiger partial charge on any atom is 0.229 e. The zero-order chi connectivity index (χ0) is 6.20. The third kappa shape index (κ3) is 0.512. The molecule has 1 fully saturated rings. The molecule has 46 valence electrons. The first-order chi connectivity index (χ1) is 3.69. The molecule has 3 nitrogen and oxygen atoms in total. The molecule has 1 atom stereocenters. The van der Waals surface area contributed by atoms with Crippen LogP contribution in [0.15, 0.2) is 0 Å². The lowest BCUT2D eigenvalue weighted by atomic mass is 9.83. The first-order valence-corrected chi connectivity index (χ1v) is 2.67. The molecule has 1 heterocycles. The molecule has 1 aliphatic heterocycles. The number of nitrogens with two attached hydrogens (primary N) is 1. The number of rotatable bonds is 1. The fourth-order valence-electron chi connectivity index (χ4n) is 0.627. The van der Waals surface area contributed by atoms with E-state index in [2.05, 4.69) is 5.32 Å². The Morgan fingerprint density at radius 3 is 2.62 bits per heavy atom. The summed E-state index contributed by atoms with van der Waals surface area (Å²) in [5.41, 5.74) is 5.05. The van der Waals surface area contributed by atoms with E-state index in [4.69, 9.17) is 5.73 Å². The van der Waals surface area contributed by atoms with E-state index in [1.807, 2.05) is 6.92 Å². The quantitative estimate of drug-likeness (QED) is 0.433. The number of carbonyl (C=O) groups excluding carboxylic acids is 1. The summed E-state index contributed by atoms with van der Waals surface area (Å²) in [6.07, 6.45) is 0. The Bertz CT molecular complexity index is 120. The Labute approximate surface area is 48.2 Å². The molecule has 0 radical (unpaired) electrons. The maximum absolute atomic E-state index is 10.6. The molecule has 0 aromatic carbocycles. The average Bonchev–Trinajstić information content (AvgIpc) is 1.83. The number of nitrogens with one attached hydrogen (secondary N) is 1. The van der Waals surface area contributed by atoms with Crippen molar-refractivity contribution in [3.05, 3.63) is 0 Å². The largest absolute Gasteiger partial charge is 0.354 e. The monoisotopic (exact) mass is 114 g/mol. The molecule has 1 aliphatic rings. The van der Waals surface area contributed by atoms with Crippen LogP contribution in [0, 0.1) is 5.41 Å². The predicted molar refractivity (Wildman–Crippen MR) is 30.2 cm³/mol. The van der Waals surface area contributed by atoms with Crippen molar-refractivity contribution >= 4 is 5.91 Å². The molecule has 1 rings (SSSR count). The molecule has 3 heteroatoms.